The fourth-order valence-corrected chi connectivity index (χ4v) is 3.94. The molecule has 4 aromatic rings. The summed E-state index contributed by atoms with van der Waals surface area (Å²) < 4.78 is 10.9. The van der Waals surface area contributed by atoms with E-state index in [2.05, 4.69) is 11.9 Å². The first-order valence-corrected chi connectivity index (χ1v) is 10.4. The molecule has 30 heavy (non-hydrogen) atoms. The van der Waals surface area contributed by atoms with Gasteiger partial charge in [0, 0.05) is 17.7 Å². The number of aromatic nitrogens is 1. The first-order valence-electron chi connectivity index (χ1n) is 9.55. The summed E-state index contributed by atoms with van der Waals surface area (Å²) in [6.45, 7) is 3.57. The minimum absolute atomic E-state index is 0.00705. The smallest absolute Gasteiger partial charge is 0.374 e. The van der Waals surface area contributed by atoms with Crippen LogP contribution in [0, 0.1) is 0 Å². The van der Waals surface area contributed by atoms with Gasteiger partial charge in [0.25, 0.3) is 0 Å². The third kappa shape index (κ3) is 4.11. The molecule has 2 aromatic heterocycles. The Bertz CT molecular complexity index is 1160. The van der Waals surface area contributed by atoms with Gasteiger partial charge in [-0.1, -0.05) is 37.3 Å². The van der Waals surface area contributed by atoms with Crippen LogP contribution in [0.5, 0.6) is 0 Å². The maximum absolute atomic E-state index is 12.3. The monoisotopic (exact) mass is 420 g/mol. The number of para-hydroxylation sites is 1. The number of nitrogens with zero attached hydrogens (tertiary/aromatic N) is 2. The molecule has 6 nitrogen and oxygen atoms in total. The minimum atomic E-state index is -0.556. The van der Waals surface area contributed by atoms with Gasteiger partial charge >= 0.3 is 5.97 Å². The van der Waals surface area contributed by atoms with E-state index in [9.17, 15) is 9.59 Å². The highest BCUT2D eigenvalue weighted by Gasteiger charge is 2.19. The number of amides is 1. The number of fused-ring (bicyclic) bond motifs is 1. The maximum atomic E-state index is 12.3. The Kier molecular flexibility index (Phi) is 5.63. The fourth-order valence-electron chi connectivity index (χ4n) is 3.07. The van der Waals surface area contributed by atoms with Crippen LogP contribution in [-0.2, 0) is 22.6 Å². The number of rotatable bonds is 6. The number of hydrogen-bond acceptors (Lipinski definition) is 6. The van der Waals surface area contributed by atoms with Crippen molar-refractivity contribution in [2.24, 2.45) is 0 Å². The number of esters is 1. The Morgan fingerprint density at radius 2 is 1.90 bits per heavy atom. The summed E-state index contributed by atoms with van der Waals surface area (Å²) >= 11 is 1.32. The van der Waals surface area contributed by atoms with E-state index in [0.717, 1.165) is 17.5 Å². The lowest BCUT2D eigenvalue weighted by Gasteiger charge is -2.18. The van der Waals surface area contributed by atoms with E-state index in [4.69, 9.17) is 9.15 Å². The zero-order valence-corrected chi connectivity index (χ0v) is 17.4. The summed E-state index contributed by atoms with van der Waals surface area (Å²) in [5.74, 6) is -0.549. The van der Waals surface area contributed by atoms with E-state index in [-0.39, 0.29) is 18.3 Å². The number of benzene rings is 2. The summed E-state index contributed by atoms with van der Waals surface area (Å²) in [6, 6.07) is 16.8. The summed E-state index contributed by atoms with van der Waals surface area (Å²) in [5.41, 5.74) is 3.14. The van der Waals surface area contributed by atoms with Crippen LogP contribution in [0.3, 0.4) is 0 Å². The molecule has 4 rings (SSSR count). The quantitative estimate of drug-likeness (QED) is 0.386. The number of ether oxygens (including phenoxy) is 1. The molecule has 7 heteroatoms. The molecule has 0 aliphatic rings. The van der Waals surface area contributed by atoms with Gasteiger partial charge in [-0.25, -0.2) is 9.78 Å². The van der Waals surface area contributed by atoms with E-state index >= 15 is 0 Å². The molecular weight excluding hydrogens is 400 g/mol. The minimum Gasteiger partial charge on any atom is -0.453 e. The van der Waals surface area contributed by atoms with Gasteiger partial charge < -0.3 is 9.15 Å². The van der Waals surface area contributed by atoms with Crippen molar-refractivity contribution in [3.05, 3.63) is 77.0 Å². The van der Waals surface area contributed by atoms with Gasteiger partial charge in [-0.3, -0.25) is 9.69 Å². The van der Waals surface area contributed by atoms with Gasteiger partial charge in [-0.15, -0.1) is 11.3 Å². The van der Waals surface area contributed by atoms with E-state index in [1.807, 2.05) is 42.5 Å². The summed E-state index contributed by atoms with van der Waals surface area (Å²) in [4.78, 5) is 30.6. The molecule has 0 atom stereocenters. The summed E-state index contributed by atoms with van der Waals surface area (Å²) in [5, 5.41) is 3.14. The topological polar surface area (TPSA) is 72.6 Å². The average molecular weight is 420 g/mol. The number of anilines is 2. The molecule has 0 N–H and O–H groups in total. The van der Waals surface area contributed by atoms with Crippen LogP contribution in [0.2, 0.25) is 0 Å². The van der Waals surface area contributed by atoms with Crippen LogP contribution < -0.4 is 4.90 Å². The second kappa shape index (κ2) is 8.51. The van der Waals surface area contributed by atoms with Crippen molar-refractivity contribution in [1.29, 1.82) is 0 Å². The second-order valence-electron chi connectivity index (χ2n) is 6.72. The standard InChI is InChI=1S/C23H20N2O4S/c1-3-16-8-10-19(11-9-16)25(15(2)26)23-24-18(14-30-23)13-28-22(27)21-12-17-6-4-5-7-20(17)29-21/h4-12,14H,3,13H2,1-2H3. The molecule has 0 spiro atoms. The number of hydrogen-bond donors (Lipinski definition) is 0. The van der Waals surface area contributed by atoms with Crippen molar-refractivity contribution in [2.45, 2.75) is 26.9 Å². The van der Waals surface area contributed by atoms with Gasteiger partial charge in [-0.2, -0.15) is 0 Å². The molecule has 0 radical (unpaired) electrons. The predicted octanol–water partition coefficient (Wildman–Crippen LogP) is 5.49. The molecular formula is C23H20N2O4S. The lowest BCUT2D eigenvalue weighted by molar-refractivity contribution is -0.115. The number of carbonyl (C=O) groups excluding carboxylic acids is 2. The van der Waals surface area contributed by atoms with Crippen LogP contribution in [0.15, 0.2) is 64.4 Å². The SMILES string of the molecule is CCc1ccc(N(C(C)=O)c2nc(COC(=O)c3cc4ccccc4o3)cs2)cc1. The van der Waals surface area contributed by atoms with Gasteiger partial charge in [0.1, 0.15) is 12.2 Å². The molecule has 0 aliphatic heterocycles. The lowest BCUT2D eigenvalue weighted by atomic mass is 10.1. The maximum Gasteiger partial charge on any atom is 0.374 e. The van der Waals surface area contributed by atoms with Gasteiger partial charge in [0.2, 0.25) is 11.7 Å². The molecule has 152 valence electrons. The first kappa shape index (κ1) is 19.8. The van der Waals surface area contributed by atoms with Crippen molar-refractivity contribution in [3.8, 4) is 0 Å². The molecule has 2 aromatic carbocycles. The molecule has 0 saturated heterocycles. The van der Waals surface area contributed by atoms with Crippen molar-refractivity contribution >= 4 is 45.0 Å². The van der Waals surface area contributed by atoms with Crippen LogP contribution in [-0.4, -0.2) is 16.9 Å². The predicted molar refractivity (Wildman–Crippen MR) is 116 cm³/mol. The van der Waals surface area contributed by atoms with Gasteiger partial charge in [0.15, 0.2) is 5.13 Å². The number of aryl methyl sites for hydroxylation is 1. The highest BCUT2D eigenvalue weighted by molar-refractivity contribution is 7.14. The van der Waals surface area contributed by atoms with Gasteiger partial charge in [-0.05, 0) is 36.2 Å². The third-order valence-corrected chi connectivity index (χ3v) is 5.50. The Morgan fingerprint density at radius 1 is 1.13 bits per heavy atom. The molecule has 0 unspecified atom stereocenters. The van der Waals surface area contributed by atoms with E-state index in [1.165, 1.54) is 23.8 Å². The Hall–Kier alpha value is -3.45. The normalized spacial score (nSPS) is 10.9. The number of carbonyl (C=O) groups is 2. The summed E-state index contributed by atoms with van der Waals surface area (Å²) in [6.07, 6.45) is 0.929. The second-order valence-corrected chi connectivity index (χ2v) is 7.56. The third-order valence-electron chi connectivity index (χ3n) is 4.63. The van der Waals surface area contributed by atoms with Crippen LogP contribution in [0.4, 0.5) is 10.8 Å². The van der Waals surface area contributed by atoms with Gasteiger partial charge in [0.05, 0.1) is 11.4 Å². The average Bonchev–Trinajstić information content (AvgIpc) is 3.39. The van der Waals surface area contributed by atoms with E-state index in [0.29, 0.717) is 16.4 Å². The zero-order chi connectivity index (χ0) is 21.1. The Morgan fingerprint density at radius 3 is 2.60 bits per heavy atom. The molecule has 2 heterocycles. The molecule has 1 amide bonds. The molecule has 0 saturated carbocycles. The number of thiazole rings is 1. The molecule has 0 fully saturated rings. The van der Waals surface area contributed by atoms with Crippen LogP contribution in [0.1, 0.15) is 35.7 Å². The van der Waals surface area contributed by atoms with Crippen LogP contribution in [0.25, 0.3) is 11.0 Å². The van der Waals surface area contributed by atoms with Crippen molar-refractivity contribution < 1.29 is 18.7 Å². The van der Waals surface area contributed by atoms with Crippen molar-refractivity contribution in [3.63, 3.8) is 0 Å². The fraction of sp³-hybridized carbons (Fsp3) is 0.174. The lowest BCUT2D eigenvalue weighted by Crippen LogP contribution is -2.22. The highest BCUT2D eigenvalue weighted by Crippen LogP contribution is 2.29. The highest BCUT2D eigenvalue weighted by atomic mass is 32.1. The number of furan rings is 1. The summed E-state index contributed by atoms with van der Waals surface area (Å²) in [7, 11) is 0. The first-order chi connectivity index (χ1) is 14.5. The van der Waals surface area contributed by atoms with Crippen molar-refractivity contribution in [2.75, 3.05) is 4.90 Å². The Balaban J connectivity index is 1.46. The largest absolute Gasteiger partial charge is 0.453 e. The Labute approximate surface area is 177 Å². The zero-order valence-electron chi connectivity index (χ0n) is 16.6. The van der Waals surface area contributed by atoms with E-state index in [1.54, 1.807) is 22.4 Å². The van der Waals surface area contributed by atoms with Crippen molar-refractivity contribution in [1.82, 2.24) is 4.98 Å². The van der Waals surface area contributed by atoms with E-state index < -0.39 is 5.97 Å². The molecule has 0 bridgehead atoms. The van der Waals surface area contributed by atoms with Crippen LogP contribution >= 0.6 is 11.3 Å². The molecule has 0 aliphatic carbocycles.